The monoisotopic (exact) mass is 269 g/mol. The Morgan fingerprint density at radius 1 is 1.29 bits per heavy atom. The van der Waals surface area contributed by atoms with Gasteiger partial charge in [0, 0.05) is 17.7 Å². The molecule has 0 atom stereocenters. The first-order valence-corrected chi connectivity index (χ1v) is 6.10. The molecule has 0 aliphatic heterocycles. The number of hydrogen-bond acceptors (Lipinski definition) is 2. The fourth-order valence-electron chi connectivity index (χ4n) is 1.54. The summed E-state index contributed by atoms with van der Waals surface area (Å²) in [5, 5.41) is 11.4. The Bertz CT molecular complexity index is 520. The lowest BCUT2D eigenvalue weighted by atomic mass is 10.1. The molecule has 1 heterocycles. The molecule has 2 aromatic rings. The van der Waals surface area contributed by atoms with Crippen molar-refractivity contribution in [1.82, 2.24) is 10.2 Å². The van der Waals surface area contributed by atoms with Crippen molar-refractivity contribution in [3.05, 3.63) is 34.3 Å². The number of H-pyrrole nitrogens is 1. The first-order chi connectivity index (χ1) is 8.08. The molecule has 3 nitrogen and oxygen atoms in total. The third-order valence-electron chi connectivity index (χ3n) is 2.26. The number of benzene rings is 1. The SMILES string of the molecule is CC(C)Nc1cc(-c2cccc(Cl)c2Cl)[nH]n1. The average molecular weight is 270 g/mol. The zero-order valence-electron chi connectivity index (χ0n) is 9.59. The van der Waals surface area contributed by atoms with Gasteiger partial charge in [-0.15, -0.1) is 0 Å². The van der Waals surface area contributed by atoms with Gasteiger partial charge in [0.05, 0.1) is 15.7 Å². The van der Waals surface area contributed by atoms with Crippen LogP contribution in [0.1, 0.15) is 13.8 Å². The molecule has 5 heteroatoms. The fraction of sp³-hybridized carbons (Fsp3) is 0.250. The van der Waals surface area contributed by atoms with E-state index in [1.807, 2.05) is 18.2 Å². The summed E-state index contributed by atoms with van der Waals surface area (Å²) < 4.78 is 0. The molecule has 0 aliphatic rings. The highest BCUT2D eigenvalue weighted by Gasteiger charge is 2.09. The van der Waals surface area contributed by atoms with Gasteiger partial charge in [-0.2, -0.15) is 5.10 Å². The van der Waals surface area contributed by atoms with Crippen LogP contribution >= 0.6 is 23.2 Å². The molecule has 0 unspecified atom stereocenters. The molecule has 0 saturated carbocycles. The summed E-state index contributed by atoms with van der Waals surface area (Å²) in [4.78, 5) is 0. The van der Waals surface area contributed by atoms with Crippen LogP contribution in [-0.4, -0.2) is 16.2 Å². The summed E-state index contributed by atoms with van der Waals surface area (Å²) >= 11 is 12.1. The van der Waals surface area contributed by atoms with Crippen LogP contribution in [0.4, 0.5) is 5.82 Å². The molecular formula is C12H13Cl2N3. The normalized spacial score (nSPS) is 10.9. The predicted octanol–water partition coefficient (Wildman–Crippen LogP) is 4.20. The van der Waals surface area contributed by atoms with Crippen LogP contribution in [0.2, 0.25) is 10.0 Å². The molecule has 0 amide bonds. The highest BCUT2D eigenvalue weighted by Crippen LogP contribution is 2.33. The number of halogens is 2. The number of aromatic amines is 1. The van der Waals surface area contributed by atoms with Gasteiger partial charge in [-0.1, -0.05) is 35.3 Å². The van der Waals surface area contributed by atoms with E-state index >= 15 is 0 Å². The van der Waals surface area contributed by atoms with Gasteiger partial charge in [-0.3, -0.25) is 5.10 Å². The second kappa shape index (κ2) is 4.98. The van der Waals surface area contributed by atoms with E-state index in [1.54, 1.807) is 6.07 Å². The van der Waals surface area contributed by atoms with Crippen molar-refractivity contribution < 1.29 is 0 Å². The highest BCUT2D eigenvalue weighted by atomic mass is 35.5. The van der Waals surface area contributed by atoms with Crippen molar-refractivity contribution in [3.8, 4) is 11.3 Å². The maximum Gasteiger partial charge on any atom is 0.148 e. The van der Waals surface area contributed by atoms with Gasteiger partial charge < -0.3 is 5.32 Å². The van der Waals surface area contributed by atoms with Crippen LogP contribution in [0.15, 0.2) is 24.3 Å². The van der Waals surface area contributed by atoms with Gasteiger partial charge >= 0.3 is 0 Å². The molecule has 0 spiro atoms. The summed E-state index contributed by atoms with van der Waals surface area (Å²) in [7, 11) is 0. The van der Waals surface area contributed by atoms with Gasteiger partial charge in [0.15, 0.2) is 0 Å². The maximum absolute atomic E-state index is 6.14. The van der Waals surface area contributed by atoms with Crippen molar-refractivity contribution >= 4 is 29.0 Å². The lowest BCUT2D eigenvalue weighted by molar-refractivity contribution is 0.884. The zero-order valence-corrected chi connectivity index (χ0v) is 11.1. The Balaban J connectivity index is 2.34. The number of anilines is 1. The molecule has 90 valence electrons. The van der Waals surface area contributed by atoms with Gasteiger partial charge in [-0.25, -0.2) is 0 Å². The van der Waals surface area contributed by atoms with Crippen LogP contribution in [0.25, 0.3) is 11.3 Å². The fourth-order valence-corrected chi connectivity index (χ4v) is 1.94. The minimum atomic E-state index is 0.334. The second-order valence-electron chi connectivity index (χ2n) is 4.07. The number of rotatable bonds is 3. The lowest BCUT2D eigenvalue weighted by Crippen LogP contribution is -2.09. The van der Waals surface area contributed by atoms with Crippen molar-refractivity contribution in [3.63, 3.8) is 0 Å². The Morgan fingerprint density at radius 2 is 2.06 bits per heavy atom. The molecule has 1 aromatic heterocycles. The van der Waals surface area contributed by atoms with E-state index in [9.17, 15) is 0 Å². The molecule has 0 saturated heterocycles. The molecular weight excluding hydrogens is 257 g/mol. The van der Waals surface area contributed by atoms with Crippen LogP contribution in [0.5, 0.6) is 0 Å². The third-order valence-corrected chi connectivity index (χ3v) is 3.08. The number of hydrogen-bond donors (Lipinski definition) is 2. The van der Waals surface area contributed by atoms with Gasteiger partial charge in [0.1, 0.15) is 5.82 Å². The van der Waals surface area contributed by atoms with E-state index in [0.717, 1.165) is 17.1 Å². The van der Waals surface area contributed by atoms with Crippen molar-refractivity contribution in [1.29, 1.82) is 0 Å². The first-order valence-electron chi connectivity index (χ1n) is 5.34. The van der Waals surface area contributed by atoms with Crippen molar-refractivity contribution in [2.24, 2.45) is 0 Å². The summed E-state index contributed by atoms with van der Waals surface area (Å²) in [5.41, 5.74) is 1.70. The predicted molar refractivity (Wildman–Crippen MR) is 72.8 cm³/mol. The molecule has 17 heavy (non-hydrogen) atoms. The summed E-state index contributed by atoms with van der Waals surface area (Å²) in [6.07, 6.45) is 0. The Hall–Kier alpha value is -1.19. The van der Waals surface area contributed by atoms with E-state index in [2.05, 4.69) is 29.4 Å². The Labute approximate surface area is 110 Å². The zero-order chi connectivity index (χ0) is 12.4. The van der Waals surface area contributed by atoms with E-state index in [1.165, 1.54) is 0 Å². The smallest absolute Gasteiger partial charge is 0.148 e. The van der Waals surface area contributed by atoms with E-state index in [-0.39, 0.29) is 0 Å². The Kier molecular flexibility index (Phi) is 3.60. The van der Waals surface area contributed by atoms with Gasteiger partial charge in [0.2, 0.25) is 0 Å². The molecule has 2 N–H and O–H groups in total. The molecule has 0 bridgehead atoms. The van der Waals surface area contributed by atoms with Crippen LogP contribution in [0, 0.1) is 0 Å². The minimum Gasteiger partial charge on any atom is -0.366 e. The second-order valence-corrected chi connectivity index (χ2v) is 4.85. The summed E-state index contributed by atoms with van der Waals surface area (Å²) in [6.45, 7) is 4.11. The molecule has 0 aliphatic carbocycles. The third kappa shape index (κ3) is 2.73. The van der Waals surface area contributed by atoms with Crippen LogP contribution < -0.4 is 5.32 Å². The van der Waals surface area contributed by atoms with Crippen LogP contribution in [0.3, 0.4) is 0 Å². The van der Waals surface area contributed by atoms with Gasteiger partial charge in [0.25, 0.3) is 0 Å². The van der Waals surface area contributed by atoms with E-state index < -0.39 is 0 Å². The first kappa shape index (κ1) is 12.3. The molecule has 0 fully saturated rings. The van der Waals surface area contributed by atoms with Crippen molar-refractivity contribution in [2.45, 2.75) is 19.9 Å². The van der Waals surface area contributed by atoms with Crippen molar-refractivity contribution in [2.75, 3.05) is 5.32 Å². The summed E-state index contributed by atoms with van der Waals surface area (Å²) in [5.74, 6) is 0.797. The molecule has 1 aromatic carbocycles. The largest absolute Gasteiger partial charge is 0.366 e. The average Bonchev–Trinajstić information content (AvgIpc) is 2.69. The summed E-state index contributed by atoms with van der Waals surface area (Å²) in [6, 6.07) is 7.77. The van der Waals surface area contributed by atoms with Gasteiger partial charge in [-0.05, 0) is 19.9 Å². The Morgan fingerprint density at radius 3 is 2.76 bits per heavy atom. The maximum atomic E-state index is 6.14. The lowest BCUT2D eigenvalue weighted by Gasteiger charge is -2.04. The van der Waals surface area contributed by atoms with E-state index in [4.69, 9.17) is 23.2 Å². The standard InChI is InChI=1S/C12H13Cl2N3/c1-7(2)15-11-6-10(16-17-11)8-4-3-5-9(13)12(8)14/h3-7H,1-2H3,(H2,15,16,17). The van der Waals surface area contributed by atoms with Crippen LogP contribution in [-0.2, 0) is 0 Å². The highest BCUT2D eigenvalue weighted by molar-refractivity contribution is 6.43. The minimum absolute atomic E-state index is 0.334. The molecule has 0 radical (unpaired) electrons. The topological polar surface area (TPSA) is 40.7 Å². The molecule has 2 rings (SSSR count). The quantitative estimate of drug-likeness (QED) is 0.877. The number of nitrogens with zero attached hydrogens (tertiary/aromatic N) is 1. The number of nitrogens with one attached hydrogen (secondary N) is 2. The van der Waals surface area contributed by atoms with E-state index in [0.29, 0.717) is 16.1 Å². The number of aromatic nitrogens is 2.